The molecule has 1 heterocycles. The van der Waals surface area contributed by atoms with Crippen LogP contribution < -0.4 is 11.1 Å². The zero-order valence-electron chi connectivity index (χ0n) is 9.99. The van der Waals surface area contributed by atoms with Gasteiger partial charge in [-0.25, -0.2) is 4.98 Å². The Hall–Kier alpha value is -0.940. The van der Waals surface area contributed by atoms with E-state index in [1.54, 1.807) is 11.3 Å². The van der Waals surface area contributed by atoms with Gasteiger partial charge in [-0.05, 0) is 19.3 Å². The molecule has 0 spiro atoms. The predicted molar refractivity (Wildman–Crippen MR) is 66.1 cm³/mol. The Morgan fingerprint density at radius 2 is 2.31 bits per heavy atom. The molecule has 1 unspecified atom stereocenters. The highest BCUT2D eigenvalue weighted by Crippen LogP contribution is 2.07. The average molecular weight is 241 g/mol. The fourth-order valence-electron chi connectivity index (χ4n) is 1.41. The molecular formula is C11H19N3OS. The summed E-state index contributed by atoms with van der Waals surface area (Å²) in [5, 5.41) is 5.76. The summed E-state index contributed by atoms with van der Waals surface area (Å²) in [4.78, 5) is 15.9. The maximum atomic E-state index is 11.6. The van der Waals surface area contributed by atoms with Gasteiger partial charge in [0.1, 0.15) is 0 Å². The predicted octanol–water partition coefficient (Wildman–Crippen LogP) is 1.44. The minimum absolute atomic E-state index is 0.0978. The molecule has 1 amide bonds. The van der Waals surface area contributed by atoms with Crippen molar-refractivity contribution in [1.82, 2.24) is 10.3 Å². The monoisotopic (exact) mass is 241 g/mol. The van der Waals surface area contributed by atoms with Crippen LogP contribution in [0.4, 0.5) is 0 Å². The van der Waals surface area contributed by atoms with Crippen molar-refractivity contribution in [2.24, 2.45) is 11.7 Å². The Bertz CT molecular complexity index is 349. The minimum atomic E-state index is -0.417. The SMILES string of the molecule is Cc1nc(CNC(=O)C(N)CC(C)C)cs1. The summed E-state index contributed by atoms with van der Waals surface area (Å²) in [6, 6.07) is -0.417. The Morgan fingerprint density at radius 3 is 2.81 bits per heavy atom. The van der Waals surface area contributed by atoms with E-state index < -0.39 is 6.04 Å². The molecule has 1 aromatic heterocycles. The van der Waals surface area contributed by atoms with Crippen molar-refractivity contribution in [3.63, 3.8) is 0 Å². The number of nitrogens with one attached hydrogen (secondary N) is 1. The zero-order valence-corrected chi connectivity index (χ0v) is 10.8. The molecule has 0 radical (unpaired) electrons. The van der Waals surface area contributed by atoms with Gasteiger partial charge in [0, 0.05) is 5.38 Å². The van der Waals surface area contributed by atoms with Gasteiger partial charge in [0.25, 0.3) is 0 Å². The third-order valence-electron chi connectivity index (χ3n) is 2.17. The highest BCUT2D eigenvalue weighted by atomic mass is 32.1. The van der Waals surface area contributed by atoms with Crippen LogP contribution in [-0.2, 0) is 11.3 Å². The topological polar surface area (TPSA) is 68.0 Å². The molecule has 0 saturated carbocycles. The van der Waals surface area contributed by atoms with Gasteiger partial charge in [-0.3, -0.25) is 4.79 Å². The molecule has 4 nitrogen and oxygen atoms in total. The van der Waals surface area contributed by atoms with Crippen molar-refractivity contribution < 1.29 is 4.79 Å². The van der Waals surface area contributed by atoms with E-state index in [-0.39, 0.29) is 5.91 Å². The lowest BCUT2D eigenvalue weighted by atomic mass is 10.0. The Labute approximate surface area is 100 Å². The Morgan fingerprint density at radius 1 is 1.62 bits per heavy atom. The van der Waals surface area contributed by atoms with Crippen LogP contribution >= 0.6 is 11.3 Å². The number of rotatable bonds is 5. The van der Waals surface area contributed by atoms with Crippen LogP contribution in [-0.4, -0.2) is 16.9 Å². The first kappa shape index (κ1) is 13.1. The van der Waals surface area contributed by atoms with E-state index in [0.717, 1.165) is 10.7 Å². The lowest BCUT2D eigenvalue weighted by Gasteiger charge is -2.13. The number of hydrogen-bond acceptors (Lipinski definition) is 4. The van der Waals surface area contributed by atoms with Gasteiger partial charge in [0.2, 0.25) is 5.91 Å². The van der Waals surface area contributed by atoms with Crippen molar-refractivity contribution in [3.8, 4) is 0 Å². The van der Waals surface area contributed by atoms with Gasteiger partial charge in [-0.1, -0.05) is 13.8 Å². The molecule has 16 heavy (non-hydrogen) atoms. The lowest BCUT2D eigenvalue weighted by Crippen LogP contribution is -2.41. The highest BCUT2D eigenvalue weighted by Gasteiger charge is 2.14. The number of hydrogen-bond donors (Lipinski definition) is 2. The summed E-state index contributed by atoms with van der Waals surface area (Å²) in [6.45, 7) is 6.52. The first-order chi connectivity index (χ1) is 7.49. The molecule has 3 N–H and O–H groups in total. The van der Waals surface area contributed by atoms with Gasteiger partial charge in [-0.2, -0.15) is 0 Å². The number of amides is 1. The summed E-state index contributed by atoms with van der Waals surface area (Å²) in [5.74, 6) is 0.335. The molecule has 5 heteroatoms. The first-order valence-corrected chi connectivity index (χ1v) is 6.31. The van der Waals surface area contributed by atoms with Crippen molar-refractivity contribution in [2.45, 2.75) is 39.8 Å². The van der Waals surface area contributed by atoms with Crippen molar-refractivity contribution >= 4 is 17.2 Å². The van der Waals surface area contributed by atoms with E-state index in [9.17, 15) is 4.79 Å². The molecular weight excluding hydrogens is 222 g/mol. The van der Waals surface area contributed by atoms with Crippen LogP contribution in [0.1, 0.15) is 31.0 Å². The third-order valence-corrected chi connectivity index (χ3v) is 2.99. The second-order valence-corrected chi connectivity index (χ2v) is 5.37. The number of nitrogens with zero attached hydrogens (tertiary/aromatic N) is 1. The summed E-state index contributed by atoms with van der Waals surface area (Å²) >= 11 is 1.58. The molecule has 1 aromatic rings. The fourth-order valence-corrected chi connectivity index (χ4v) is 2.03. The molecule has 0 aliphatic rings. The van der Waals surface area contributed by atoms with E-state index in [1.165, 1.54) is 0 Å². The van der Waals surface area contributed by atoms with E-state index in [4.69, 9.17) is 5.73 Å². The van der Waals surface area contributed by atoms with Crippen molar-refractivity contribution in [1.29, 1.82) is 0 Å². The zero-order chi connectivity index (χ0) is 12.1. The normalized spacial score (nSPS) is 12.8. The van der Waals surface area contributed by atoms with Crippen LogP contribution in [0, 0.1) is 12.8 Å². The smallest absolute Gasteiger partial charge is 0.237 e. The molecule has 0 saturated heterocycles. The molecule has 0 aliphatic heterocycles. The maximum absolute atomic E-state index is 11.6. The second kappa shape index (κ2) is 5.96. The van der Waals surface area contributed by atoms with Crippen LogP contribution in [0.2, 0.25) is 0 Å². The summed E-state index contributed by atoms with van der Waals surface area (Å²) in [7, 11) is 0. The van der Waals surface area contributed by atoms with Crippen LogP contribution in [0.3, 0.4) is 0 Å². The molecule has 1 rings (SSSR count). The molecule has 0 aromatic carbocycles. The molecule has 0 fully saturated rings. The standard InChI is InChI=1S/C11H19N3OS/c1-7(2)4-10(12)11(15)13-5-9-6-16-8(3)14-9/h6-7,10H,4-5,12H2,1-3H3,(H,13,15). The summed E-state index contributed by atoms with van der Waals surface area (Å²) in [6.07, 6.45) is 0.710. The number of carbonyl (C=O) groups is 1. The third kappa shape index (κ3) is 4.28. The summed E-state index contributed by atoms with van der Waals surface area (Å²) in [5.41, 5.74) is 6.65. The number of nitrogens with two attached hydrogens (primary N) is 1. The van der Waals surface area contributed by atoms with Gasteiger partial charge >= 0.3 is 0 Å². The molecule has 90 valence electrons. The number of carbonyl (C=O) groups excluding carboxylic acids is 1. The van der Waals surface area contributed by atoms with Crippen LogP contribution in [0.15, 0.2) is 5.38 Å². The van der Waals surface area contributed by atoms with Crippen LogP contribution in [0.25, 0.3) is 0 Å². The van der Waals surface area contributed by atoms with E-state index >= 15 is 0 Å². The summed E-state index contributed by atoms with van der Waals surface area (Å²) < 4.78 is 0. The molecule has 0 aliphatic carbocycles. The molecule has 1 atom stereocenters. The largest absolute Gasteiger partial charge is 0.349 e. The van der Waals surface area contributed by atoms with Crippen molar-refractivity contribution in [2.75, 3.05) is 0 Å². The number of aromatic nitrogens is 1. The first-order valence-electron chi connectivity index (χ1n) is 5.43. The fraction of sp³-hybridized carbons (Fsp3) is 0.636. The van der Waals surface area contributed by atoms with E-state index in [1.807, 2.05) is 12.3 Å². The lowest BCUT2D eigenvalue weighted by molar-refractivity contribution is -0.122. The Balaban J connectivity index is 2.35. The molecule has 0 bridgehead atoms. The van der Waals surface area contributed by atoms with Gasteiger partial charge in [0.05, 0.1) is 23.3 Å². The quantitative estimate of drug-likeness (QED) is 0.819. The van der Waals surface area contributed by atoms with Gasteiger partial charge in [0.15, 0.2) is 0 Å². The minimum Gasteiger partial charge on any atom is -0.349 e. The second-order valence-electron chi connectivity index (χ2n) is 4.31. The maximum Gasteiger partial charge on any atom is 0.237 e. The Kier molecular flexibility index (Phi) is 4.89. The van der Waals surface area contributed by atoms with Gasteiger partial charge < -0.3 is 11.1 Å². The van der Waals surface area contributed by atoms with Crippen LogP contribution in [0.5, 0.6) is 0 Å². The van der Waals surface area contributed by atoms with Gasteiger partial charge in [-0.15, -0.1) is 11.3 Å². The number of aryl methyl sites for hydroxylation is 1. The average Bonchev–Trinajstić information content (AvgIpc) is 2.59. The number of thiazole rings is 1. The van der Waals surface area contributed by atoms with Crippen molar-refractivity contribution in [3.05, 3.63) is 16.1 Å². The van der Waals surface area contributed by atoms with E-state index in [2.05, 4.69) is 24.1 Å². The van der Waals surface area contributed by atoms with E-state index in [0.29, 0.717) is 18.9 Å². The highest BCUT2D eigenvalue weighted by molar-refractivity contribution is 7.09.